The van der Waals surface area contributed by atoms with Gasteiger partial charge in [-0.3, -0.25) is 9.69 Å². The summed E-state index contributed by atoms with van der Waals surface area (Å²) in [6, 6.07) is 18.4. The number of carbonyl (C=O) groups is 1. The molecule has 3 aromatic rings. The number of amides is 1. The van der Waals surface area contributed by atoms with Crippen LogP contribution >= 0.6 is 11.6 Å². The lowest BCUT2D eigenvalue weighted by molar-refractivity contribution is 0.00329. The second-order valence-corrected chi connectivity index (χ2v) is 8.86. The molecule has 1 saturated heterocycles. The highest BCUT2D eigenvalue weighted by atomic mass is 35.5. The van der Waals surface area contributed by atoms with Gasteiger partial charge in [-0.1, -0.05) is 35.9 Å². The van der Waals surface area contributed by atoms with E-state index in [9.17, 15) is 13.6 Å². The Labute approximate surface area is 208 Å². The van der Waals surface area contributed by atoms with Crippen molar-refractivity contribution in [2.75, 3.05) is 39.8 Å². The highest BCUT2D eigenvalue weighted by Crippen LogP contribution is 2.26. The van der Waals surface area contributed by atoms with Gasteiger partial charge in [0.25, 0.3) is 5.91 Å². The average Bonchev–Trinajstić information content (AvgIpc) is 2.86. The topological polar surface area (TPSA) is 42.0 Å². The van der Waals surface area contributed by atoms with Crippen LogP contribution in [-0.2, 0) is 11.3 Å². The van der Waals surface area contributed by atoms with Crippen molar-refractivity contribution in [1.29, 1.82) is 0 Å². The Morgan fingerprint density at radius 3 is 2.49 bits per heavy atom. The third kappa shape index (κ3) is 6.57. The minimum Gasteiger partial charge on any atom is -0.497 e. The first-order chi connectivity index (χ1) is 16.9. The highest BCUT2D eigenvalue weighted by Gasteiger charge is 2.26. The molecule has 0 radical (unpaired) electrons. The van der Waals surface area contributed by atoms with Gasteiger partial charge in [-0.2, -0.15) is 0 Å². The van der Waals surface area contributed by atoms with E-state index in [1.807, 2.05) is 48.5 Å². The van der Waals surface area contributed by atoms with Crippen LogP contribution in [0.2, 0.25) is 5.02 Å². The van der Waals surface area contributed by atoms with E-state index in [2.05, 4.69) is 4.90 Å². The van der Waals surface area contributed by atoms with Gasteiger partial charge in [0, 0.05) is 43.8 Å². The fourth-order valence-corrected chi connectivity index (χ4v) is 4.33. The van der Waals surface area contributed by atoms with E-state index in [1.165, 1.54) is 6.07 Å². The smallest absolute Gasteiger partial charge is 0.256 e. The number of piperazine rings is 1. The van der Waals surface area contributed by atoms with Crippen LogP contribution in [0.3, 0.4) is 0 Å². The maximum Gasteiger partial charge on any atom is 0.256 e. The number of rotatable bonds is 8. The maximum absolute atomic E-state index is 14.1. The van der Waals surface area contributed by atoms with E-state index in [0.717, 1.165) is 29.0 Å². The minimum atomic E-state index is -0.843. The van der Waals surface area contributed by atoms with Crippen LogP contribution < -0.4 is 4.74 Å². The average molecular weight is 501 g/mol. The summed E-state index contributed by atoms with van der Waals surface area (Å²) in [4.78, 5) is 16.5. The number of benzene rings is 3. The van der Waals surface area contributed by atoms with Crippen LogP contribution in [0.1, 0.15) is 27.6 Å². The van der Waals surface area contributed by atoms with Gasteiger partial charge >= 0.3 is 0 Å². The van der Waals surface area contributed by atoms with E-state index < -0.39 is 17.5 Å². The molecule has 3 aromatic carbocycles. The third-order valence-corrected chi connectivity index (χ3v) is 6.29. The van der Waals surface area contributed by atoms with Crippen molar-refractivity contribution in [3.05, 3.63) is 100 Å². The third-order valence-electron chi connectivity index (χ3n) is 6.05. The van der Waals surface area contributed by atoms with Crippen molar-refractivity contribution in [3.63, 3.8) is 0 Å². The standard InChI is InChI=1S/C27H27ClF2N2O3/c1-34-23-7-3-5-20(15-23)26(35-18-19-4-2-6-21(28)14-19)17-31-10-12-32(13-11-31)27(33)24-9-8-22(29)16-25(24)30/h2-9,14-16,26H,10-13,17-18H2,1H3/t26-/m1/s1. The summed E-state index contributed by atoms with van der Waals surface area (Å²) in [6.07, 6.45) is -0.235. The number of ether oxygens (including phenoxy) is 2. The fourth-order valence-electron chi connectivity index (χ4n) is 4.12. The summed E-state index contributed by atoms with van der Waals surface area (Å²) in [6.45, 7) is 3.10. The van der Waals surface area contributed by atoms with Crippen molar-refractivity contribution in [2.24, 2.45) is 0 Å². The van der Waals surface area contributed by atoms with Crippen LogP contribution in [0.5, 0.6) is 5.75 Å². The molecule has 0 aromatic heterocycles. The Bertz CT molecular complexity index is 1170. The van der Waals surface area contributed by atoms with E-state index in [4.69, 9.17) is 21.1 Å². The van der Waals surface area contributed by atoms with Gasteiger partial charge < -0.3 is 14.4 Å². The van der Waals surface area contributed by atoms with Gasteiger partial charge in [0.2, 0.25) is 0 Å². The second-order valence-electron chi connectivity index (χ2n) is 8.42. The zero-order valence-corrected chi connectivity index (χ0v) is 20.2. The zero-order valence-electron chi connectivity index (χ0n) is 19.4. The van der Waals surface area contributed by atoms with Gasteiger partial charge in [0.15, 0.2) is 0 Å². The van der Waals surface area contributed by atoms with Gasteiger partial charge in [0.05, 0.1) is 25.4 Å². The largest absolute Gasteiger partial charge is 0.497 e. The van der Waals surface area contributed by atoms with Gasteiger partial charge in [0.1, 0.15) is 17.4 Å². The second kappa shape index (κ2) is 11.6. The summed E-state index contributed by atoms with van der Waals surface area (Å²) >= 11 is 6.12. The number of hydrogen-bond donors (Lipinski definition) is 0. The highest BCUT2D eigenvalue weighted by molar-refractivity contribution is 6.30. The first-order valence-electron chi connectivity index (χ1n) is 11.4. The SMILES string of the molecule is COc1cccc([C@@H](CN2CCN(C(=O)c3ccc(F)cc3F)CC2)OCc2cccc(Cl)c2)c1. The number of carbonyl (C=O) groups excluding carboxylic acids is 1. The van der Waals surface area contributed by atoms with Crippen LogP contribution in [0, 0.1) is 11.6 Å². The molecule has 0 N–H and O–H groups in total. The summed E-state index contributed by atoms with van der Waals surface area (Å²) in [5, 5.41) is 0.655. The van der Waals surface area contributed by atoms with Crippen LogP contribution in [0.15, 0.2) is 66.7 Å². The van der Waals surface area contributed by atoms with Crippen LogP contribution in [0.4, 0.5) is 8.78 Å². The molecule has 184 valence electrons. The number of nitrogens with zero attached hydrogens (tertiary/aromatic N) is 2. The maximum atomic E-state index is 14.1. The lowest BCUT2D eigenvalue weighted by Crippen LogP contribution is -2.49. The first kappa shape index (κ1) is 25.1. The number of halogens is 3. The van der Waals surface area contributed by atoms with Gasteiger partial charge in [-0.25, -0.2) is 8.78 Å². The Morgan fingerprint density at radius 1 is 1.00 bits per heavy atom. The molecule has 8 heteroatoms. The summed E-state index contributed by atoms with van der Waals surface area (Å²) in [5.74, 6) is -1.23. The quantitative estimate of drug-likeness (QED) is 0.418. The summed E-state index contributed by atoms with van der Waals surface area (Å²) in [5.41, 5.74) is 1.85. The Kier molecular flexibility index (Phi) is 8.33. The van der Waals surface area contributed by atoms with E-state index in [0.29, 0.717) is 44.4 Å². The normalized spacial score (nSPS) is 15.1. The number of hydrogen-bond acceptors (Lipinski definition) is 4. The Morgan fingerprint density at radius 2 is 1.77 bits per heavy atom. The fraction of sp³-hybridized carbons (Fsp3) is 0.296. The summed E-state index contributed by atoms with van der Waals surface area (Å²) in [7, 11) is 1.63. The summed E-state index contributed by atoms with van der Waals surface area (Å²) < 4.78 is 39.0. The molecule has 0 aliphatic carbocycles. The predicted molar refractivity (Wildman–Crippen MR) is 131 cm³/mol. The lowest BCUT2D eigenvalue weighted by Gasteiger charge is -2.36. The number of methoxy groups -OCH3 is 1. The van der Waals surface area contributed by atoms with E-state index in [1.54, 1.807) is 12.0 Å². The van der Waals surface area contributed by atoms with Gasteiger partial charge in [-0.15, -0.1) is 0 Å². The molecular weight excluding hydrogens is 474 g/mol. The Balaban J connectivity index is 1.41. The molecule has 0 unspecified atom stereocenters. The van der Waals surface area contributed by atoms with E-state index >= 15 is 0 Å². The van der Waals surface area contributed by atoms with Crippen molar-refractivity contribution < 1.29 is 23.0 Å². The van der Waals surface area contributed by atoms with Crippen molar-refractivity contribution >= 4 is 17.5 Å². The molecule has 0 bridgehead atoms. The molecule has 1 aliphatic heterocycles. The molecule has 1 fully saturated rings. The molecule has 1 atom stereocenters. The van der Waals surface area contributed by atoms with Gasteiger partial charge in [-0.05, 0) is 47.5 Å². The predicted octanol–water partition coefficient (Wildman–Crippen LogP) is 5.34. The van der Waals surface area contributed by atoms with Crippen molar-refractivity contribution in [1.82, 2.24) is 9.80 Å². The molecule has 35 heavy (non-hydrogen) atoms. The Hall–Kier alpha value is -3.00. The van der Waals surface area contributed by atoms with E-state index in [-0.39, 0.29) is 11.7 Å². The molecular formula is C27H27ClF2N2O3. The molecule has 4 rings (SSSR count). The van der Waals surface area contributed by atoms with Crippen LogP contribution in [0.25, 0.3) is 0 Å². The molecule has 0 saturated carbocycles. The molecule has 0 spiro atoms. The van der Waals surface area contributed by atoms with Crippen molar-refractivity contribution in [2.45, 2.75) is 12.7 Å². The molecule has 5 nitrogen and oxygen atoms in total. The zero-order chi connectivity index (χ0) is 24.8. The minimum absolute atomic E-state index is 0.112. The molecule has 1 aliphatic rings. The first-order valence-corrected chi connectivity index (χ1v) is 11.8. The van der Waals surface area contributed by atoms with Crippen molar-refractivity contribution in [3.8, 4) is 5.75 Å². The lowest BCUT2D eigenvalue weighted by atomic mass is 10.1. The monoisotopic (exact) mass is 500 g/mol. The van der Waals surface area contributed by atoms with Crippen LogP contribution in [-0.4, -0.2) is 55.5 Å². The molecule has 1 heterocycles. The molecule has 1 amide bonds.